The number of carbonyl (C=O) groups excluding carboxylic acids is 2. The zero-order valence-electron chi connectivity index (χ0n) is 14.2. The fourth-order valence-electron chi connectivity index (χ4n) is 3.74. The van der Waals surface area contributed by atoms with Crippen LogP contribution in [0.5, 0.6) is 0 Å². The molecule has 0 saturated heterocycles. The Balaban J connectivity index is 1.82. The fraction of sp³-hybridized carbons (Fsp3) is 0.150. The summed E-state index contributed by atoms with van der Waals surface area (Å²) in [7, 11) is 0. The number of pyridine rings is 1. The second-order valence-electron chi connectivity index (χ2n) is 6.48. The van der Waals surface area contributed by atoms with Crippen molar-refractivity contribution >= 4 is 11.9 Å². The van der Waals surface area contributed by atoms with Gasteiger partial charge in [-0.3, -0.25) is 9.78 Å². The average molecular weight is 363 g/mol. The maximum atomic E-state index is 13.4. The highest BCUT2D eigenvalue weighted by molar-refractivity contribution is 6.08. The maximum absolute atomic E-state index is 13.4. The Bertz CT molecular complexity index is 1100. The highest BCUT2D eigenvalue weighted by Crippen LogP contribution is 2.40. The Morgan fingerprint density at radius 2 is 1.89 bits per heavy atom. The second-order valence-corrected chi connectivity index (χ2v) is 6.48. The van der Waals surface area contributed by atoms with E-state index in [1.807, 2.05) is 10.8 Å². The predicted octanol–water partition coefficient (Wildman–Crippen LogP) is 2.77. The molecule has 27 heavy (non-hydrogen) atoms. The van der Waals surface area contributed by atoms with E-state index >= 15 is 0 Å². The molecule has 0 atom stereocenters. The molecule has 134 valence electrons. The Kier molecular flexibility index (Phi) is 3.36. The Morgan fingerprint density at radius 3 is 2.70 bits per heavy atom. The summed E-state index contributed by atoms with van der Waals surface area (Å²) in [6.45, 7) is 1.29. The molecule has 0 bridgehead atoms. The molecule has 5 rings (SSSR count). The number of fused-ring (bicyclic) bond motifs is 2. The highest BCUT2D eigenvalue weighted by Gasteiger charge is 2.31. The molecule has 3 aromatic rings. The first-order valence-electron chi connectivity index (χ1n) is 8.56. The molecule has 2 aliphatic heterocycles. The van der Waals surface area contributed by atoms with Crippen molar-refractivity contribution in [2.45, 2.75) is 13.2 Å². The van der Waals surface area contributed by atoms with Crippen molar-refractivity contribution in [2.75, 3.05) is 6.54 Å². The van der Waals surface area contributed by atoms with Crippen LogP contribution >= 0.6 is 0 Å². The van der Waals surface area contributed by atoms with Crippen LogP contribution in [0, 0.1) is 5.82 Å². The summed E-state index contributed by atoms with van der Waals surface area (Å²) in [5.74, 6) is -0.974. The van der Waals surface area contributed by atoms with Crippen LogP contribution < -0.4 is 5.32 Å². The van der Waals surface area contributed by atoms with E-state index in [0.717, 1.165) is 5.56 Å². The molecule has 7 heteroatoms. The third kappa shape index (κ3) is 2.35. The summed E-state index contributed by atoms with van der Waals surface area (Å²) in [5, 5.41) is 2.85. The number of halogens is 1. The molecule has 1 N–H and O–H groups in total. The predicted molar refractivity (Wildman–Crippen MR) is 94.5 cm³/mol. The number of aromatic nitrogens is 2. The number of nitrogens with one attached hydrogen (secondary N) is 1. The number of rotatable bonds is 2. The number of hydrogen-bond donors (Lipinski definition) is 1. The third-order valence-corrected chi connectivity index (χ3v) is 4.93. The molecular formula is C20H14FN3O3. The van der Waals surface area contributed by atoms with Gasteiger partial charge in [0.2, 0.25) is 0 Å². The van der Waals surface area contributed by atoms with Gasteiger partial charge in [0, 0.05) is 42.2 Å². The van der Waals surface area contributed by atoms with Crippen molar-refractivity contribution in [3.8, 4) is 22.3 Å². The molecular weight excluding hydrogens is 349 g/mol. The van der Waals surface area contributed by atoms with Crippen LogP contribution in [0.2, 0.25) is 0 Å². The minimum Gasteiger partial charge on any atom is -0.455 e. The Labute approximate surface area is 153 Å². The van der Waals surface area contributed by atoms with Gasteiger partial charge in [0.05, 0.1) is 11.3 Å². The lowest BCUT2D eigenvalue weighted by molar-refractivity contribution is 0.0533. The lowest BCUT2D eigenvalue weighted by atomic mass is 9.93. The van der Waals surface area contributed by atoms with E-state index in [4.69, 9.17) is 4.74 Å². The Morgan fingerprint density at radius 1 is 1.07 bits per heavy atom. The number of esters is 1. The van der Waals surface area contributed by atoms with Crippen LogP contribution in [-0.4, -0.2) is 28.0 Å². The van der Waals surface area contributed by atoms with Gasteiger partial charge in [0.15, 0.2) is 0 Å². The number of carbonyl (C=O) groups is 2. The normalized spacial score (nSPS) is 15.1. The minimum absolute atomic E-state index is 0.141. The van der Waals surface area contributed by atoms with Gasteiger partial charge in [0.25, 0.3) is 5.91 Å². The first-order valence-corrected chi connectivity index (χ1v) is 8.56. The zero-order valence-corrected chi connectivity index (χ0v) is 14.2. The van der Waals surface area contributed by atoms with Crippen molar-refractivity contribution in [2.24, 2.45) is 0 Å². The third-order valence-electron chi connectivity index (χ3n) is 4.93. The molecule has 4 heterocycles. The SMILES string of the molecule is O=C1OCc2nccc(-c3cn4c(c3-c3ccc(F)cc3)C(=O)NCC4)c21. The highest BCUT2D eigenvalue weighted by atomic mass is 19.1. The van der Waals surface area contributed by atoms with E-state index < -0.39 is 5.97 Å². The van der Waals surface area contributed by atoms with E-state index in [1.165, 1.54) is 12.1 Å². The summed E-state index contributed by atoms with van der Waals surface area (Å²) >= 11 is 0. The van der Waals surface area contributed by atoms with E-state index in [2.05, 4.69) is 10.3 Å². The fourth-order valence-corrected chi connectivity index (χ4v) is 3.74. The monoisotopic (exact) mass is 363 g/mol. The van der Waals surface area contributed by atoms with Gasteiger partial charge in [-0.25, -0.2) is 9.18 Å². The molecule has 0 saturated carbocycles. The van der Waals surface area contributed by atoms with Crippen LogP contribution in [-0.2, 0) is 17.9 Å². The number of nitrogens with zero attached hydrogens (tertiary/aromatic N) is 2. The van der Waals surface area contributed by atoms with Crippen LogP contribution in [0.1, 0.15) is 26.5 Å². The standard InChI is InChI=1S/C20H14FN3O3/c21-12-3-1-11(2-4-12)16-14(9-24-8-7-23-19(25)18(16)24)13-5-6-22-15-10-27-20(26)17(13)15/h1-6,9H,7-8,10H2,(H,23,25). The molecule has 6 nitrogen and oxygen atoms in total. The lowest BCUT2D eigenvalue weighted by Gasteiger charge is -2.17. The summed E-state index contributed by atoms with van der Waals surface area (Å²) in [5.41, 5.74) is 4.26. The molecule has 0 spiro atoms. The van der Waals surface area contributed by atoms with Crippen molar-refractivity contribution < 1.29 is 18.7 Å². The molecule has 2 aliphatic rings. The summed E-state index contributed by atoms with van der Waals surface area (Å²) in [6.07, 6.45) is 3.50. The first-order chi connectivity index (χ1) is 13.1. The van der Waals surface area contributed by atoms with Crippen LogP contribution in [0.15, 0.2) is 42.7 Å². The number of benzene rings is 1. The van der Waals surface area contributed by atoms with E-state index in [-0.39, 0.29) is 18.3 Å². The van der Waals surface area contributed by atoms with Gasteiger partial charge in [-0.15, -0.1) is 0 Å². The second kappa shape index (κ2) is 5.77. The maximum Gasteiger partial charge on any atom is 0.341 e. The first kappa shape index (κ1) is 15.7. The Hall–Kier alpha value is -3.48. The molecule has 1 aromatic carbocycles. The van der Waals surface area contributed by atoms with Gasteiger partial charge >= 0.3 is 5.97 Å². The number of cyclic esters (lactones) is 1. The number of ether oxygens (including phenoxy) is 1. The topological polar surface area (TPSA) is 73.2 Å². The molecule has 2 aromatic heterocycles. The van der Waals surface area contributed by atoms with Gasteiger partial charge in [-0.2, -0.15) is 0 Å². The lowest BCUT2D eigenvalue weighted by Crippen LogP contribution is -2.35. The van der Waals surface area contributed by atoms with Crippen molar-refractivity contribution in [1.82, 2.24) is 14.9 Å². The van der Waals surface area contributed by atoms with Crippen molar-refractivity contribution in [1.29, 1.82) is 0 Å². The molecule has 0 unspecified atom stereocenters. The van der Waals surface area contributed by atoms with Crippen molar-refractivity contribution in [3.63, 3.8) is 0 Å². The van der Waals surface area contributed by atoms with Gasteiger partial charge in [-0.1, -0.05) is 12.1 Å². The quantitative estimate of drug-likeness (QED) is 0.711. The largest absolute Gasteiger partial charge is 0.455 e. The minimum atomic E-state index is -0.424. The van der Waals surface area contributed by atoms with E-state index in [0.29, 0.717) is 46.7 Å². The average Bonchev–Trinajstić information content (AvgIpc) is 3.25. The van der Waals surface area contributed by atoms with Crippen LogP contribution in [0.4, 0.5) is 4.39 Å². The molecule has 0 radical (unpaired) electrons. The van der Waals surface area contributed by atoms with Gasteiger partial charge < -0.3 is 14.6 Å². The van der Waals surface area contributed by atoms with Gasteiger partial charge in [-0.05, 0) is 23.8 Å². The van der Waals surface area contributed by atoms with Crippen molar-refractivity contribution in [3.05, 3.63) is 65.5 Å². The number of amides is 1. The number of hydrogen-bond acceptors (Lipinski definition) is 4. The summed E-state index contributed by atoms with van der Waals surface area (Å²) in [4.78, 5) is 29.1. The zero-order chi connectivity index (χ0) is 18.5. The smallest absolute Gasteiger partial charge is 0.341 e. The van der Waals surface area contributed by atoms with E-state index in [1.54, 1.807) is 24.4 Å². The summed E-state index contributed by atoms with van der Waals surface area (Å²) < 4.78 is 20.5. The molecule has 1 amide bonds. The van der Waals surface area contributed by atoms with Crippen LogP contribution in [0.3, 0.4) is 0 Å². The van der Waals surface area contributed by atoms with Crippen LogP contribution in [0.25, 0.3) is 22.3 Å². The molecule has 0 fully saturated rings. The molecule has 0 aliphatic carbocycles. The summed E-state index contributed by atoms with van der Waals surface area (Å²) in [6, 6.07) is 7.73. The van der Waals surface area contributed by atoms with E-state index in [9.17, 15) is 14.0 Å². The van der Waals surface area contributed by atoms with Gasteiger partial charge in [0.1, 0.15) is 18.1 Å².